The normalized spacial score (nSPS) is 11.4. The predicted octanol–water partition coefficient (Wildman–Crippen LogP) is 4.97. The van der Waals surface area contributed by atoms with Crippen molar-refractivity contribution < 1.29 is 22.5 Å². The fraction of sp³-hybridized carbons (Fsp3) is 0.118. The minimum atomic E-state index is -4.61. The lowest BCUT2D eigenvalue weighted by Gasteiger charge is -2.09. The fourth-order valence-corrected chi connectivity index (χ4v) is 2.54. The van der Waals surface area contributed by atoms with Crippen LogP contribution >= 0.6 is 11.6 Å². The van der Waals surface area contributed by atoms with Gasteiger partial charge in [-0.2, -0.15) is 13.2 Å². The van der Waals surface area contributed by atoms with Crippen molar-refractivity contribution in [2.45, 2.75) is 13.1 Å². The van der Waals surface area contributed by atoms with Crippen LogP contribution in [0.1, 0.15) is 21.8 Å². The van der Waals surface area contributed by atoms with Crippen LogP contribution in [0.15, 0.2) is 47.0 Å². The minimum Gasteiger partial charge on any atom is -0.360 e. The molecule has 3 aromatic rings. The van der Waals surface area contributed by atoms with E-state index >= 15 is 0 Å². The van der Waals surface area contributed by atoms with Crippen molar-refractivity contribution in [2.24, 2.45) is 0 Å². The van der Waals surface area contributed by atoms with E-state index in [1.165, 1.54) is 13.0 Å². The number of nitrogens with zero attached hydrogens (tertiary/aromatic N) is 2. The predicted molar refractivity (Wildman–Crippen MR) is 88.9 cm³/mol. The standard InChI is InChI=1S/C17H11ClF3N3O2/c1-9-14(15(24-26-9)10-5-2-3-6-11(10)18)16(25)23-13-8-4-7-12(22-13)17(19,20)21/h2-8H,1H3,(H,22,23,25). The van der Waals surface area contributed by atoms with Crippen LogP contribution < -0.4 is 5.32 Å². The molecule has 0 saturated heterocycles. The second-order valence-electron chi connectivity index (χ2n) is 5.30. The summed E-state index contributed by atoms with van der Waals surface area (Å²) in [6.45, 7) is 1.52. The molecule has 0 radical (unpaired) electrons. The number of aromatic nitrogens is 2. The molecule has 1 amide bonds. The largest absolute Gasteiger partial charge is 0.433 e. The van der Waals surface area contributed by atoms with Crippen LogP contribution in [0, 0.1) is 6.92 Å². The maximum atomic E-state index is 12.8. The van der Waals surface area contributed by atoms with Gasteiger partial charge in [-0.3, -0.25) is 4.79 Å². The number of amides is 1. The van der Waals surface area contributed by atoms with Gasteiger partial charge in [0.15, 0.2) is 0 Å². The Kier molecular flexibility index (Phi) is 4.69. The Morgan fingerprint density at radius 2 is 1.88 bits per heavy atom. The summed E-state index contributed by atoms with van der Waals surface area (Å²) in [5.74, 6) is -0.745. The van der Waals surface area contributed by atoms with E-state index in [1.54, 1.807) is 24.3 Å². The molecule has 26 heavy (non-hydrogen) atoms. The average molecular weight is 382 g/mol. The molecule has 0 atom stereocenters. The van der Waals surface area contributed by atoms with Crippen LogP contribution in [0.25, 0.3) is 11.3 Å². The number of pyridine rings is 1. The first-order chi connectivity index (χ1) is 12.3. The van der Waals surface area contributed by atoms with Gasteiger partial charge in [0.2, 0.25) is 0 Å². The number of carbonyl (C=O) groups excluding carboxylic acids is 1. The average Bonchev–Trinajstić information content (AvgIpc) is 2.96. The summed E-state index contributed by atoms with van der Waals surface area (Å²) in [4.78, 5) is 16.0. The molecule has 9 heteroatoms. The summed E-state index contributed by atoms with van der Waals surface area (Å²) >= 11 is 6.13. The van der Waals surface area contributed by atoms with Crippen molar-refractivity contribution in [1.29, 1.82) is 0 Å². The van der Waals surface area contributed by atoms with Gasteiger partial charge in [-0.05, 0) is 25.1 Å². The molecule has 0 fully saturated rings. The summed E-state index contributed by atoms with van der Waals surface area (Å²) < 4.78 is 43.3. The van der Waals surface area contributed by atoms with Crippen LogP contribution in [0.2, 0.25) is 5.02 Å². The van der Waals surface area contributed by atoms with Crippen molar-refractivity contribution >= 4 is 23.3 Å². The lowest BCUT2D eigenvalue weighted by molar-refractivity contribution is -0.141. The number of benzene rings is 1. The molecule has 2 heterocycles. The van der Waals surface area contributed by atoms with Crippen molar-refractivity contribution in [3.63, 3.8) is 0 Å². The van der Waals surface area contributed by atoms with Gasteiger partial charge in [-0.1, -0.05) is 41.0 Å². The molecule has 0 aliphatic heterocycles. The summed E-state index contributed by atoms with van der Waals surface area (Å²) in [7, 11) is 0. The highest BCUT2D eigenvalue weighted by atomic mass is 35.5. The number of anilines is 1. The Morgan fingerprint density at radius 1 is 1.15 bits per heavy atom. The number of alkyl halides is 3. The van der Waals surface area contributed by atoms with Crippen molar-refractivity contribution in [1.82, 2.24) is 10.1 Å². The van der Waals surface area contributed by atoms with Gasteiger partial charge in [0, 0.05) is 5.56 Å². The van der Waals surface area contributed by atoms with Gasteiger partial charge in [-0.25, -0.2) is 4.98 Å². The molecule has 0 unspecified atom stereocenters. The lowest BCUT2D eigenvalue weighted by atomic mass is 10.1. The third-order valence-electron chi connectivity index (χ3n) is 3.50. The van der Waals surface area contributed by atoms with Gasteiger partial charge in [-0.15, -0.1) is 0 Å². The van der Waals surface area contributed by atoms with E-state index in [1.807, 2.05) is 0 Å². The van der Waals surface area contributed by atoms with Crippen LogP contribution in [0.3, 0.4) is 0 Å². The number of hydrogen-bond acceptors (Lipinski definition) is 4. The van der Waals surface area contributed by atoms with Crippen molar-refractivity contribution in [2.75, 3.05) is 5.32 Å². The Hall–Kier alpha value is -2.87. The fourth-order valence-electron chi connectivity index (χ4n) is 2.32. The highest BCUT2D eigenvalue weighted by Gasteiger charge is 2.32. The second kappa shape index (κ2) is 6.80. The molecular weight excluding hydrogens is 371 g/mol. The van der Waals surface area contributed by atoms with Gasteiger partial charge >= 0.3 is 6.18 Å². The molecule has 1 N–H and O–H groups in total. The number of aryl methyl sites for hydroxylation is 1. The van der Waals surface area contributed by atoms with E-state index in [9.17, 15) is 18.0 Å². The minimum absolute atomic E-state index is 0.0670. The number of carbonyl (C=O) groups is 1. The molecular formula is C17H11ClF3N3O2. The second-order valence-corrected chi connectivity index (χ2v) is 5.71. The molecule has 2 aromatic heterocycles. The molecule has 134 valence electrons. The summed E-state index contributed by atoms with van der Waals surface area (Å²) in [5.41, 5.74) is -0.383. The molecule has 0 aliphatic rings. The molecule has 0 spiro atoms. The smallest absolute Gasteiger partial charge is 0.360 e. The van der Waals surface area contributed by atoms with Crippen LogP contribution in [-0.2, 0) is 6.18 Å². The first-order valence-corrected chi connectivity index (χ1v) is 7.72. The van der Waals surface area contributed by atoms with E-state index in [-0.39, 0.29) is 22.8 Å². The Labute approximate surface area is 150 Å². The maximum absolute atomic E-state index is 12.8. The Bertz CT molecular complexity index is 970. The first kappa shape index (κ1) is 17.9. The van der Waals surface area contributed by atoms with Crippen LogP contribution in [0.4, 0.5) is 19.0 Å². The Morgan fingerprint density at radius 3 is 2.58 bits per heavy atom. The van der Waals surface area contributed by atoms with Gasteiger partial charge in [0.05, 0.1) is 5.02 Å². The van der Waals surface area contributed by atoms with E-state index in [4.69, 9.17) is 16.1 Å². The molecule has 0 bridgehead atoms. The number of rotatable bonds is 3. The summed E-state index contributed by atoms with van der Waals surface area (Å²) in [5, 5.41) is 6.53. The SMILES string of the molecule is Cc1onc(-c2ccccc2Cl)c1C(=O)Nc1cccc(C(F)(F)F)n1. The zero-order chi connectivity index (χ0) is 18.9. The maximum Gasteiger partial charge on any atom is 0.433 e. The summed E-state index contributed by atoms with van der Waals surface area (Å²) in [6, 6.07) is 9.92. The third kappa shape index (κ3) is 3.55. The number of halogens is 4. The van der Waals surface area contributed by atoms with Crippen molar-refractivity contribution in [3.8, 4) is 11.3 Å². The third-order valence-corrected chi connectivity index (χ3v) is 3.83. The van der Waals surface area contributed by atoms with E-state index in [0.29, 0.717) is 10.6 Å². The highest BCUT2D eigenvalue weighted by molar-refractivity contribution is 6.33. The lowest BCUT2D eigenvalue weighted by Crippen LogP contribution is -2.16. The zero-order valence-electron chi connectivity index (χ0n) is 13.3. The van der Waals surface area contributed by atoms with Crippen LogP contribution in [-0.4, -0.2) is 16.0 Å². The molecule has 0 saturated carbocycles. The van der Waals surface area contributed by atoms with Crippen molar-refractivity contribution in [3.05, 3.63) is 64.5 Å². The number of nitrogens with one attached hydrogen (secondary N) is 1. The van der Waals surface area contributed by atoms with E-state index in [0.717, 1.165) is 12.1 Å². The molecule has 5 nitrogen and oxygen atoms in total. The first-order valence-electron chi connectivity index (χ1n) is 7.34. The van der Waals surface area contributed by atoms with Gasteiger partial charge < -0.3 is 9.84 Å². The monoisotopic (exact) mass is 381 g/mol. The van der Waals surface area contributed by atoms with Gasteiger partial charge in [0.25, 0.3) is 5.91 Å². The molecule has 3 rings (SSSR count). The topological polar surface area (TPSA) is 68.0 Å². The van der Waals surface area contributed by atoms with E-state index in [2.05, 4.69) is 15.5 Å². The summed E-state index contributed by atoms with van der Waals surface area (Å²) in [6.07, 6.45) is -4.61. The van der Waals surface area contributed by atoms with E-state index < -0.39 is 17.8 Å². The Balaban J connectivity index is 1.95. The zero-order valence-corrected chi connectivity index (χ0v) is 14.0. The highest BCUT2D eigenvalue weighted by Crippen LogP contribution is 2.32. The van der Waals surface area contributed by atoms with Gasteiger partial charge in [0.1, 0.15) is 28.5 Å². The molecule has 1 aromatic carbocycles. The van der Waals surface area contributed by atoms with Crippen LogP contribution in [0.5, 0.6) is 0 Å². The molecule has 0 aliphatic carbocycles. The number of hydrogen-bond donors (Lipinski definition) is 1. The quantitative estimate of drug-likeness (QED) is 0.695.